The van der Waals surface area contributed by atoms with E-state index in [0.717, 1.165) is 11.3 Å². The van der Waals surface area contributed by atoms with Crippen LogP contribution < -0.4 is 10.6 Å². The van der Waals surface area contributed by atoms with Gasteiger partial charge in [0.15, 0.2) is 0 Å². The Kier molecular flexibility index (Phi) is 5.47. The Morgan fingerprint density at radius 1 is 1.04 bits per heavy atom. The monoisotopic (exact) mass is 323 g/mol. The Balaban J connectivity index is 1.60. The number of carbonyl (C=O) groups excluding carboxylic acids is 1. The predicted octanol–water partition coefficient (Wildman–Crippen LogP) is 4.78. The van der Waals surface area contributed by atoms with Gasteiger partial charge >= 0.3 is 0 Å². The number of nitrogens with zero attached hydrogens (tertiary/aromatic N) is 1. The number of hydrogen-bond acceptors (Lipinski definition) is 3. The largest absolute Gasteiger partial charge is 0.381 e. The summed E-state index contributed by atoms with van der Waals surface area (Å²) >= 11 is 0. The van der Waals surface area contributed by atoms with Gasteiger partial charge in [-0.2, -0.15) is 0 Å². The van der Waals surface area contributed by atoms with E-state index in [2.05, 4.69) is 15.6 Å². The molecule has 1 fully saturated rings. The second-order valence-electron chi connectivity index (χ2n) is 6.53. The standard InChI is InChI=1S/C20H25N3O/c1-15-8-6-7-11-18(15)20(24)23-19-13-12-17(14-21-19)22-16-9-4-2-3-5-10-16/h6-8,11-14,16,22H,2-5,9-10H2,1H3,(H,21,23,24). The van der Waals surface area contributed by atoms with Crippen LogP contribution in [-0.4, -0.2) is 16.9 Å². The van der Waals surface area contributed by atoms with E-state index in [0.29, 0.717) is 17.4 Å². The second kappa shape index (κ2) is 7.95. The van der Waals surface area contributed by atoms with Crippen LogP contribution in [-0.2, 0) is 0 Å². The van der Waals surface area contributed by atoms with Crippen molar-refractivity contribution in [1.82, 2.24) is 4.98 Å². The van der Waals surface area contributed by atoms with Crippen molar-refractivity contribution >= 4 is 17.4 Å². The van der Waals surface area contributed by atoms with Gasteiger partial charge in [-0.15, -0.1) is 0 Å². The number of nitrogens with one attached hydrogen (secondary N) is 2. The zero-order chi connectivity index (χ0) is 16.8. The van der Waals surface area contributed by atoms with Crippen LogP contribution in [0.15, 0.2) is 42.6 Å². The molecule has 4 nitrogen and oxygen atoms in total. The normalized spacial score (nSPS) is 15.5. The summed E-state index contributed by atoms with van der Waals surface area (Å²) in [5.74, 6) is 0.458. The van der Waals surface area contributed by atoms with Crippen molar-refractivity contribution in [3.05, 3.63) is 53.7 Å². The molecule has 1 aliphatic rings. The molecule has 24 heavy (non-hydrogen) atoms. The van der Waals surface area contributed by atoms with Gasteiger partial charge in [0.2, 0.25) is 0 Å². The highest BCUT2D eigenvalue weighted by Gasteiger charge is 2.12. The van der Waals surface area contributed by atoms with Gasteiger partial charge in [-0.3, -0.25) is 4.79 Å². The molecule has 1 aromatic carbocycles. The number of aryl methyl sites for hydroxylation is 1. The average molecular weight is 323 g/mol. The predicted molar refractivity (Wildman–Crippen MR) is 98.5 cm³/mol. The molecule has 2 aromatic rings. The molecular weight excluding hydrogens is 298 g/mol. The zero-order valence-electron chi connectivity index (χ0n) is 14.2. The van der Waals surface area contributed by atoms with Gasteiger partial charge in [0, 0.05) is 11.6 Å². The van der Waals surface area contributed by atoms with Gasteiger partial charge in [0.05, 0.1) is 11.9 Å². The first-order valence-corrected chi connectivity index (χ1v) is 8.82. The Morgan fingerprint density at radius 3 is 2.46 bits per heavy atom. The number of hydrogen-bond donors (Lipinski definition) is 2. The number of aromatic nitrogens is 1. The van der Waals surface area contributed by atoms with Crippen molar-refractivity contribution in [1.29, 1.82) is 0 Å². The molecule has 3 rings (SSSR count). The maximum Gasteiger partial charge on any atom is 0.257 e. The third-order valence-electron chi connectivity index (χ3n) is 4.62. The lowest BCUT2D eigenvalue weighted by atomic mass is 10.1. The molecule has 1 heterocycles. The van der Waals surface area contributed by atoms with E-state index in [1.165, 1.54) is 38.5 Å². The molecule has 0 unspecified atom stereocenters. The quantitative estimate of drug-likeness (QED) is 0.796. The molecule has 0 spiro atoms. The lowest BCUT2D eigenvalue weighted by Gasteiger charge is -2.17. The minimum absolute atomic E-state index is 0.120. The van der Waals surface area contributed by atoms with Crippen molar-refractivity contribution < 1.29 is 4.79 Å². The highest BCUT2D eigenvalue weighted by atomic mass is 16.1. The lowest BCUT2D eigenvalue weighted by molar-refractivity contribution is 0.102. The van der Waals surface area contributed by atoms with E-state index in [9.17, 15) is 4.79 Å². The molecule has 0 aliphatic heterocycles. The molecule has 126 valence electrons. The van der Waals surface area contributed by atoms with Crippen molar-refractivity contribution in [2.75, 3.05) is 10.6 Å². The highest BCUT2D eigenvalue weighted by molar-refractivity contribution is 6.04. The SMILES string of the molecule is Cc1ccccc1C(=O)Nc1ccc(NC2CCCCCC2)cn1. The van der Waals surface area contributed by atoms with Crippen LogP contribution >= 0.6 is 0 Å². The van der Waals surface area contributed by atoms with E-state index >= 15 is 0 Å². The zero-order valence-corrected chi connectivity index (χ0v) is 14.2. The molecule has 1 amide bonds. The van der Waals surface area contributed by atoms with Gasteiger partial charge in [-0.1, -0.05) is 43.9 Å². The Bertz CT molecular complexity index is 674. The van der Waals surface area contributed by atoms with E-state index in [1.807, 2.05) is 43.3 Å². The summed E-state index contributed by atoms with van der Waals surface area (Å²) in [5.41, 5.74) is 2.66. The molecule has 2 N–H and O–H groups in total. The molecular formula is C20H25N3O. The molecule has 1 aromatic heterocycles. The van der Waals surface area contributed by atoms with E-state index < -0.39 is 0 Å². The molecule has 0 bridgehead atoms. The van der Waals surface area contributed by atoms with Crippen LogP contribution in [0.4, 0.5) is 11.5 Å². The highest BCUT2D eigenvalue weighted by Crippen LogP contribution is 2.21. The Hall–Kier alpha value is -2.36. The molecule has 1 saturated carbocycles. The maximum absolute atomic E-state index is 12.3. The maximum atomic E-state index is 12.3. The minimum Gasteiger partial charge on any atom is -0.381 e. The van der Waals surface area contributed by atoms with Gasteiger partial charge in [-0.05, 0) is 43.5 Å². The third kappa shape index (κ3) is 4.34. The summed E-state index contributed by atoms with van der Waals surface area (Å²) in [4.78, 5) is 16.7. The number of carbonyl (C=O) groups is 1. The van der Waals surface area contributed by atoms with Crippen LogP contribution in [0.1, 0.15) is 54.4 Å². The smallest absolute Gasteiger partial charge is 0.257 e. The summed E-state index contributed by atoms with van der Waals surface area (Å²) < 4.78 is 0. The van der Waals surface area contributed by atoms with Crippen molar-refractivity contribution in [3.8, 4) is 0 Å². The first kappa shape index (κ1) is 16.5. The van der Waals surface area contributed by atoms with Crippen LogP contribution in [0.3, 0.4) is 0 Å². The van der Waals surface area contributed by atoms with Crippen molar-refractivity contribution in [2.45, 2.75) is 51.5 Å². The second-order valence-corrected chi connectivity index (χ2v) is 6.53. The fourth-order valence-corrected chi connectivity index (χ4v) is 3.22. The van der Waals surface area contributed by atoms with E-state index in [1.54, 1.807) is 6.20 Å². The molecule has 0 radical (unpaired) electrons. The van der Waals surface area contributed by atoms with Crippen LogP contribution in [0.2, 0.25) is 0 Å². The first-order chi connectivity index (χ1) is 11.7. The summed E-state index contributed by atoms with van der Waals surface area (Å²) in [5, 5.41) is 6.43. The van der Waals surface area contributed by atoms with Crippen LogP contribution in [0.25, 0.3) is 0 Å². The topological polar surface area (TPSA) is 54.0 Å². The Morgan fingerprint density at radius 2 is 1.79 bits per heavy atom. The average Bonchev–Trinajstić information content (AvgIpc) is 2.86. The number of rotatable bonds is 4. The summed E-state index contributed by atoms with van der Waals surface area (Å²) in [6.07, 6.45) is 9.56. The number of anilines is 2. The third-order valence-corrected chi connectivity index (χ3v) is 4.62. The van der Waals surface area contributed by atoms with Gasteiger partial charge in [0.1, 0.15) is 5.82 Å². The molecule has 0 saturated heterocycles. The number of amides is 1. The summed E-state index contributed by atoms with van der Waals surface area (Å²) in [6, 6.07) is 11.9. The fraction of sp³-hybridized carbons (Fsp3) is 0.400. The molecule has 1 aliphatic carbocycles. The van der Waals surface area contributed by atoms with E-state index in [4.69, 9.17) is 0 Å². The summed E-state index contributed by atoms with van der Waals surface area (Å²) in [6.45, 7) is 1.93. The van der Waals surface area contributed by atoms with Gasteiger partial charge in [-0.25, -0.2) is 4.98 Å². The molecule has 4 heteroatoms. The fourth-order valence-electron chi connectivity index (χ4n) is 3.22. The minimum atomic E-state index is -0.120. The molecule has 0 atom stereocenters. The van der Waals surface area contributed by atoms with Crippen molar-refractivity contribution in [3.63, 3.8) is 0 Å². The number of pyridine rings is 1. The number of benzene rings is 1. The van der Waals surface area contributed by atoms with Gasteiger partial charge < -0.3 is 10.6 Å². The first-order valence-electron chi connectivity index (χ1n) is 8.82. The van der Waals surface area contributed by atoms with E-state index in [-0.39, 0.29) is 5.91 Å². The van der Waals surface area contributed by atoms with Gasteiger partial charge in [0.25, 0.3) is 5.91 Å². The Labute approximate surface area is 143 Å². The van der Waals surface area contributed by atoms with Crippen molar-refractivity contribution in [2.24, 2.45) is 0 Å². The lowest BCUT2D eigenvalue weighted by Crippen LogP contribution is -2.18. The van der Waals surface area contributed by atoms with Crippen LogP contribution in [0.5, 0.6) is 0 Å². The summed E-state index contributed by atoms with van der Waals surface area (Å²) in [7, 11) is 0. The van der Waals surface area contributed by atoms with Crippen LogP contribution in [0, 0.1) is 6.92 Å².